The Morgan fingerprint density at radius 1 is 0.760 bits per heavy atom. The fourth-order valence-electron chi connectivity index (χ4n) is 2.53. The molecule has 0 radical (unpaired) electrons. The number of hydrogen-bond donors (Lipinski definition) is 1. The highest BCUT2D eigenvalue weighted by Crippen LogP contribution is 2.26. The maximum absolute atomic E-state index is 10.9. The molecule has 0 unspecified atom stereocenters. The van der Waals surface area contributed by atoms with Crippen LogP contribution in [-0.4, -0.2) is 25.0 Å². The lowest BCUT2D eigenvalue weighted by molar-refractivity contribution is 0.0511. The number of carbonyl (C=O) groups is 1. The normalized spacial score (nSPS) is 10.4. The van der Waals surface area contributed by atoms with Gasteiger partial charge in [0.2, 0.25) is 0 Å². The minimum Gasteiger partial charge on any atom is -0.478 e. The van der Waals surface area contributed by atoms with Crippen molar-refractivity contribution < 1.29 is 19.4 Å². The topological polar surface area (TPSA) is 55.8 Å². The summed E-state index contributed by atoms with van der Waals surface area (Å²) in [5.74, 6) is -0.152. The summed E-state index contributed by atoms with van der Waals surface area (Å²) in [6.45, 7) is 0.231. The first-order chi connectivity index (χ1) is 12.2. The number of benzene rings is 3. The second kappa shape index (κ2) is 7.64. The van der Waals surface area contributed by atoms with E-state index in [1.54, 1.807) is 19.2 Å². The van der Waals surface area contributed by atoms with E-state index in [0.717, 1.165) is 28.0 Å². The first-order valence-electron chi connectivity index (χ1n) is 7.83. The molecular weight excluding hydrogens is 316 g/mol. The lowest BCUT2D eigenvalue weighted by Gasteiger charge is -2.07. The van der Waals surface area contributed by atoms with Crippen molar-refractivity contribution in [3.8, 4) is 28.0 Å². The maximum Gasteiger partial charge on any atom is 0.335 e. The Labute approximate surface area is 146 Å². The zero-order valence-corrected chi connectivity index (χ0v) is 13.8. The third kappa shape index (κ3) is 4.05. The summed E-state index contributed by atoms with van der Waals surface area (Å²) in [5.41, 5.74) is 4.51. The summed E-state index contributed by atoms with van der Waals surface area (Å²) in [6, 6.07) is 22.8. The molecule has 0 saturated carbocycles. The van der Waals surface area contributed by atoms with E-state index in [-0.39, 0.29) is 12.4 Å². The smallest absolute Gasteiger partial charge is 0.335 e. The van der Waals surface area contributed by atoms with Gasteiger partial charge in [-0.1, -0.05) is 48.5 Å². The SMILES string of the molecule is COCOc1ccc(-c2ccc(-c3ccc(C(=O)O)cc3)cc2)cc1. The van der Waals surface area contributed by atoms with E-state index in [9.17, 15) is 4.79 Å². The number of hydrogen-bond acceptors (Lipinski definition) is 3. The van der Waals surface area contributed by atoms with Crippen LogP contribution in [0.25, 0.3) is 22.3 Å². The van der Waals surface area contributed by atoms with Crippen molar-refractivity contribution in [2.75, 3.05) is 13.9 Å². The van der Waals surface area contributed by atoms with Crippen LogP contribution in [0.2, 0.25) is 0 Å². The van der Waals surface area contributed by atoms with Crippen LogP contribution in [0, 0.1) is 0 Å². The Balaban J connectivity index is 1.76. The first kappa shape index (κ1) is 16.7. The predicted octanol–water partition coefficient (Wildman–Crippen LogP) is 4.70. The molecule has 0 bridgehead atoms. The van der Waals surface area contributed by atoms with Gasteiger partial charge in [-0.05, 0) is 46.5 Å². The van der Waals surface area contributed by atoms with Crippen LogP contribution in [0.5, 0.6) is 5.75 Å². The number of carboxylic acid groups (broad SMARTS) is 1. The maximum atomic E-state index is 10.9. The highest BCUT2D eigenvalue weighted by Gasteiger charge is 2.04. The molecule has 4 heteroatoms. The standard InChI is InChI=1S/C21H18O4/c1-24-14-25-20-12-10-18(11-13-20)16-4-2-15(3-5-16)17-6-8-19(9-7-17)21(22)23/h2-13H,14H2,1H3,(H,22,23). The average Bonchev–Trinajstić information content (AvgIpc) is 2.67. The number of aromatic carboxylic acids is 1. The minimum atomic E-state index is -0.917. The summed E-state index contributed by atoms with van der Waals surface area (Å²) in [4.78, 5) is 10.9. The molecule has 0 spiro atoms. The van der Waals surface area contributed by atoms with Gasteiger partial charge in [0.05, 0.1) is 5.56 Å². The monoisotopic (exact) mass is 334 g/mol. The molecule has 0 fully saturated rings. The van der Waals surface area contributed by atoms with Gasteiger partial charge >= 0.3 is 5.97 Å². The van der Waals surface area contributed by atoms with Crippen molar-refractivity contribution in [1.29, 1.82) is 0 Å². The average molecular weight is 334 g/mol. The Bertz CT molecular complexity index is 835. The van der Waals surface area contributed by atoms with Gasteiger partial charge in [-0.3, -0.25) is 0 Å². The van der Waals surface area contributed by atoms with Crippen molar-refractivity contribution in [2.24, 2.45) is 0 Å². The molecule has 3 aromatic carbocycles. The van der Waals surface area contributed by atoms with Crippen molar-refractivity contribution in [3.63, 3.8) is 0 Å². The zero-order chi connectivity index (χ0) is 17.6. The van der Waals surface area contributed by atoms with Crippen LogP contribution in [0.4, 0.5) is 0 Å². The fourth-order valence-corrected chi connectivity index (χ4v) is 2.53. The van der Waals surface area contributed by atoms with E-state index in [0.29, 0.717) is 0 Å². The lowest BCUT2D eigenvalue weighted by atomic mass is 9.99. The molecule has 0 amide bonds. The van der Waals surface area contributed by atoms with Gasteiger partial charge < -0.3 is 14.6 Å². The lowest BCUT2D eigenvalue weighted by Crippen LogP contribution is -1.98. The van der Waals surface area contributed by atoms with Crippen LogP contribution in [-0.2, 0) is 4.74 Å². The van der Waals surface area contributed by atoms with Crippen LogP contribution >= 0.6 is 0 Å². The molecule has 0 aliphatic heterocycles. The fraction of sp³-hybridized carbons (Fsp3) is 0.0952. The number of ether oxygens (including phenoxy) is 2. The Morgan fingerprint density at radius 2 is 1.16 bits per heavy atom. The van der Waals surface area contributed by atoms with Gasteiger partial charge in [0.15, 0.2) is 6.79 Å². The third-order valence-electron chi connectivity index (χ3n) is 3.88. The molecule has 0 aliphatic carbocycles. The second-order valence-electron chi connectivity index (χ2n) is 5.54. The van der Waals surface area contributed by atoms with Crippen LogP contribution < -0.4 is 4.74 Å². The van der Waals surface area contributed by atoms with Gasteiger partial charge in [-0.25, -0.2) is 4.79 Å². The largest absolute Gasteiger partial charge is 0.478 e. The molecule has 0 atom stereocenters. The molecule has 0 aromatic heterocycles. The second-order valence-corrected chi connectivity index (χ2v) is 5.54. The number of carboxylic acids is 1. The molecule has 4 nitrogen and oxygen atoms in total. The molecule has 0 saturated heterocycles. The molecule has 3 rings (SSSR count). The predicted molar refractivity (Wildman–Crippen MR) is 96.8 cm³/mol. The molecular formula is C21H18O4. The highest BCUT2D eigenvalue weighted by molar-refractivity contribution is 5.88. The van der Waals surface area contributed by atoms with Crippen molar-refractivity contribution in [3.05, 3.63) is 78.4 Å². The third-order valence-corrected chi connectivity index (χ3v) is 3.88. The summed E-state index contributed by atoms with van der Waals surface area (Å²) in [7, 11) is 1.59. The number of rotatable bonds is 6. The Morgan fingerprint density at radius 3 is 1.56 bits per heavy atom. The van der Waals surface area contributed by atoms with Gasteiger partial charge in [-0.15, -0.1) is 0 Å². The molecule has 0 heterocycles. The van der Waals surface area contributed by atoms with E-state index in [4.69, 9.17) is 14.6 Å². The highest BCUT2D eigenvalue weighted by atomic mass is 16.7. The van der Waals surface area contributed by atoms with E-state index in [1.807, 2.05) is 60.7 Å². The number of methoxy groups -OCH3 is 1. The zero-order valence-electron chi connectivity index (χ0n) is 13.8. The van der Waals surface area contributed by atoms with Crippen molar-refractivity contribution in [1.82, 2.24) is 0 Å². The first-order valence-corrected chi connectivity index (χ1v) is 7.83. The molecule has 0 aliphatic rings. The quantitative estimate of drug-likeness (QED) is 0.664. The van der Waals surface area contributed by atoms with E-state index < -0.39 is 5.97 Å². The summed E-state index contributed by atoms with van der Waals surface area (Å²) in [5, 5.41) is 8.96. The van der Waals surface area contributed by atoms with Crippen LogP contribution in [0.3, 0.4) is 0 Å². The van der Waals surface area contributed by atoms with Gasteiger partial charge in [0, 0.05) is 7.11 Å². The van der Waals surface area contributed by atoms with Crippen LogP contribution in [0.1, 0.15) is 10.4 Å². The molecule has 126 valence electrons. The van der Waals surface area contributed by atoms with E-state index in [1.165, 1.54) is 0 Å². The van der Waals surface area contributed by atoms with E-state index in [2.05, 4.69) is 0 Å². The van der Waals surface area contributed by atoms with Gasteiger partial charge in [0.25, 0.3) is 0 Å². The minimum absolute atomic E-state index is 0.231. The molecule has 25 heavy (non-hydrogen) atoms. The molecule has 1 N–H and O–H groups in total. The van der Waals surface area contributed by atoms with E-state index >= 15 is 0 Å². The summed E-state index contributed by atoms with van der Waals surface area (Å²) >= 11 is 0. The van der Waals surface area contributed by atoms with Crippen molar-refractivity contribution >= 4 is 5.97 Å². The molecule has 3 aromatic rings. The Hall–Kier alpha value is -3.11. The Kier molecular flexibility index (Phi) is 5.11. The van der Waals surface area contributed by atoms with Crippen LogP contribution in [0.15, 0.2) is 72.8 Å². The van der Waals surface area contributed by atoms with Gasteiger partial charge in [0.1, 0.15) is 5.75 Å². The van der Waals surface area contributed by atoms with Crippen molar-refractivity contribution in [2.45, 2.75) is 0 Å². The summed E-state index contributed by atoms with van der Waals surface area (Å²) in [6.07, 6.45) is 0. The van der Waals surface area contributed by atoms with Gasteiger partial charge in [-0.2, -0.15) is 0 Å². The summed E-state index contributed by atoms with van der Waals surface area (Å²) < 4.78 is 10.3.